The first kappa shape index (κ1) is 23.5. The van der Waals surface area contributed by atoms with Gasteiger partial charge in [0.05, 0.1) is 0 Å². The van der Waals surface area contributed by atoms with Gasteiger partial charge in [-0.2, -0.15) is 0 Å². The van der Waals surface area contributed by atoms with Gasteiger partial charge in [-0.3, -0.25) is 0 Å². The van der Waals surface area contributed by atoms with Crippen LogP contribution in [-0.4, -0.2) is 39.5 Å². The Hall–Kier alpha value is 0.486. The Balaban J connectivity index is 5.65. The van der Waals surface area contributed by atoms with Gasteiger partial charge in [-0.15, -0.1) is 0 Å². The van der Waals surface area contributed by atoms with Crippen LogP contribution >= 0.6 is 0 Å². The Kier molecular flexibility index (Phi) is 12.2. The van der Waals surface area contributed by atoms with Crippen LogP contribution < -0.4 is 0 Å². The number of esters is 1. The molecule has 0 amide bonds. The van der Waals surface area contributed by atoms with Crippen LogP contribution in [0.15, 0.2) is 0 Å². The summed E-state index contributed by atoms with van der Waals surface area (Å²) in [7, 11) is 0.202. The van der Waals surface area contributed by atoms with Crippen LogP contribution in [0.5, 0.6) is 0 Å². The Morgan fingerprint density at radius 2 is 1.30 bits per heavy atom. The van der Waals surface area contributed by atoms with Crippen molar-refractivity contribution >= 4 is 32.4 Å². The molecule has 0 spiro atoms. The molecule has 1 unspecified atom stereocenters. The van der Waals surface area contributed by atoms with E-state index in [2.05, 4.69) is 40.4 Å². The van der Waals surface area contributed by atoms with Gasteiger partial charge in [-0.05, 0) is 0 Å². The van der Waals surface area contributed by atoms with Gasteiger partial charge in [0.15, 0.2) is 0 Å². The molecule has 0 saturated heterocycles. The van der Waals surface area contributed by atoms with Crippen molar-refractivity contribution in [2.75, 3.05) is 7.11 Å². The van der Waals surface area contributed by atoms with Crippen LogP contribution in [0.4, 0.5) is 0 Å². The third-order valence-corrected chi connectivity index (χ3v) is 35.6. The molecular weight excluding hydrogens is 407 g/mol. The molecule has 0 bridgehead atoms. The van der Waals surface area contributed by atoms with Crippen LogP contribution in [0.2, 0.25) is 36.5 Å². The van der Waals surface area contributed by atoms with Crippen LogP contribution in [0.1, 0.15) is 65.7 Å². The second kappa shape index (κ2) is 11.9. The van der Waals surface area contributed by atoms with E-state index in [0.717, 1.165) is 9.98 Å². The SMILES string of the molecule is CCC[CH2][Sn]([CH2]CCC)([CH2]CCC)[CH](CC(=O)OC)[Si](C)(C)C. The van der Waals surface area contributed by atoms with Crippen molar-refractivity contribution in [1.82, 2.24) is 0 Å². The van der Waals surface area contributed by atoms with Crippen LogP contribution in [-0.2, 0) is 9.53 Å². The molecule has 0 aromatic heterocycles. The molecule has 0 rings (SSSR count). The van der Waals surface area contributed by atoms with Crippen molar-refractivity contribution < 1.29 is 9.53 Å². The van der Waals surface area contributed by atoms with E-state index >= 15 is 0 Å². The monoisotopic (exact) mass is 450 g/mol. The maximum absolute atomic E-state index is 12.2. The van der Waals surface area contributed by atoms with Gasteiger partial charge in [0.2, 0.25) is 0 Å². The number of rotatable bonds is 13. The van der Waals surface area contributed by atoms with E-state index < -0.39 is 26.5 Å². The van der Waals surface area contributed by atoms with Crippen molar-refractivity contribution in [3.8, 4) is 0 Å². The Bertz CT molecular complexity index is 304. The van der Waals surface area contributed by atoms with Crippen molar-refractivity contribution in [3.63, 3.8) is 0 Å². The number of ether oxygens (including phenoxy) is 1. The van der Waals surface area contributed by atoms with Crippen LogP contribution in [0.3, 0.4) is 0 Å². The fourth-order valence-corrected chi connectivity index (χ4v) is 41.3. The molecule has 0 N–H and O–H groups in total. The Morgan fingerprint density at radius 3 is 1.57 bits per heavy atom. The molecule has 0 heterocycles. The van der Waals surface area contributed by atoms with E-state index in [1.54, 1.807) is 7.11 Å². The molecule has 1 atom stereocenters. The molecule has 0 aliphatic heterocycles. The molecule has 0 fully saturated rings. The number of hydrogen-bond acceptors (Lipinski definition) is 2. The molecule has 23 heavy (non-hydrogen) atoms. The first-order valence-electron chi connectivity index (χ1n) is 9.84. The molecular formula is C19H42O2SiSn. The zero-order chi connectivity index (χ0) is 17.9. The quantitative estimate of drug-likeness (QED) is 0.233. The standard InChI is InChI=1S/C7H15O2Si.3C4H9.Sn/c1-9-7(8)5-6-10(2,3)4;3*1-3-4-2;/h6H,5H2,1-4H3;3*1,3-4H2,2H3;. The number of methoxy groups -OCH3 is 1. The third-order valence-electron chi connectivity index (χ3n) is 5.47. The topological polar surface area (TPSA) is 26.3 Å². The average Bonchev–Trinajstić information content (AvgIpc) is 2.51. The van der Waals surface area contributed by atoms with Crippen molar-refractivity contribution in [2.24, 2.45) is 0 Å². The first-order chi connectivity index (χ1) is 10.8. The summed E-state index contributed by atoms with van der Waals surface area (Å²) in [4.78, 5) is 12.2. The third kappa shape index (κ3) is 8.42. The first-order valence-corrected chi connectivity index (χ1v) is 21.1. The van der Waals surface area contributed by atoms with Crippen LogP contribution in [0.25, 0.3) is 0 Å². The maximum atomic E-state index is 12.2. The molecule has 0 radical (unpaired) electrons. The fraction of sp³-hybridized carbons (Fsp3) is 0.947. The van der Waals surface area contributed by atoms with E-state index in [1.165, 1.54) is 51.8 Å². The second-order valence-corrected chi connectivity index (χ2v) is 29.5. The minimum absolute atomic E-state index is 0.0444. The van der Waals surface area contributed by atoms with E-state index in [1.807, 2.05) is 0 Å². The predicted octanol–water partition coefficient (Wildman–Crippen LogP) is 6.65. The molecule has 2 nitrogen and oxygen atoms in total. The van der Waals surface area contributed by atoms with Gasteiger partial charge in [0.1, 0.15) is 0 Å². The molecule has 0 aromatic rings. The summed E-state index contributed by atoms with van der Waals surface area (Å²) in [5.74, 6) is 0.0444. The van der Waals surface area contributed by atoms with Gasteiger partial charge >= 0.3 is 151 Å². The summed E-state index contributed by atoms with van der Waals surface area (Å²) in [5.41, 5.74) is 0. The summed E-state index contributed by atoms with van der Waals surface area (Å²) in [6, 6.07) is 0. The molecule has 0 saturated carbocycles. The zero-order valence-corrected chi connectivity index (χ0v) is 20.8. The van der Waals surface area contributed by atoms with Gasteiger partial charge in [-0.1, -0.05) is 0 Å². The van der Waals surface area contributed by atoms with Crippen molar-refractivity contribution in [3.05, 3.63) is 0 Å². The summed E-state index contributed by atoms with van der Waals surface area (Å²) in [5, 5.41) is 0. The van der Waals surface area contributed by atoms with Crippen molar-refractivity contribution in [1.29, 1.82) is 0 Å². The van der Waals surface area contributed by atoms with E-state index in [-0.39, 0.29) is 5.97 Å². The van der Waals surface area contributed by atoms with Crippen molar-refractivity contribution in [2.45, 2.75) is 102 Å². The predicted molar refractivity (Wildman–Crippen MR) is 109 cm³/mol. The summed E-state index contributed by atoms with van der Waals surface area (Å²) < 4.78 is 10.3. The minimum atomic E-state index is -2.36. The summed E-state index contributed by atoms with van der Waals surface area (Å²) in [6.07, 6.45) is 8.76. The van der Waals surface area contributed by atoms with E-state index in [9.17, 15) is 4.79 Å². The number of unbranched alkanes of at least 4 members (excludes halogenated alkanes) is 3. The number of hydrogen-bond donors (Lipinski definition) is 0. The fourth-order valence-electron chi connectivity index (χ4n) is 4.18. The molecule has 0 aromatic carbocycles. The second-order valence-electron chi connectivity index (χ2n) is 8.37. The van der Waals surface area contributed by atoms with Gasteiger partial charge in [0, 0.05) is 0 Å². The van der Waals surface area contributed by atoms with Crippen LogP contribution in [0, 0.1) is 0 Å². The van der Waals surface area contributed by atoms with Gasteiger partial charge in [-0.25, -0.2) is 0 Å². The Morgan fingerprint density at radius 1 is 0.913 bits per heavy atom. The number of carbonyl (C=O) groups is 1. The molecule has 0 aliphatic carbocycles. The Labute approximate surface area is 151 Å². The van der Waals surface area contributed by atoms with E-state index in [0.29, 0.717) is 0 Å². The van der Waals surface area contributed by atoms with E-state index in [4.69, 9.17) is 4.74 Å². The summed E-state index contributed by atoms with van der Waals surface area (Å²) >= 11 is -2.36. The number of carbonyl (C=O) groups excluding carboxylic acids is 1. The zero-order valence-electron chi connectivity index (χ0n) is 17.0. The van der Waals surface area contributed by atoms with Gasteiger partial charge in [0.25, 0.3) is 0 Å². The normalized spacial score (nSPS) is 13.9. The molecule has 138 valence electrons. The molecule has 0 aliphatic rings. The average molecular weight is 449 g/mol. The van der Waals surface area contributed by atoms with Gasteiger partial charge < -0.3 is 0 Å². The molecule has 4 heteroatoms. The summed E-state index contributed by atoms with van der Waals surface area (Å²) in [6.45, 7) is 14.4.